The number of hydrogen-bond acceptors (Lipinski definition) is 3. The lowest BCUT2D eigenvalue weighted by atomic mass is 10.3. The summed E-state index contributed by atoms with van der Waals surface area (Å²) < 4.78 is 3.19. The molecule has 1 saturated carbocycles. The molecule has 0 bridgehead atoms. The lowest BCUT2D eigenvalue weighted by molar-refractivity contribution is 0.775. The molecule has 0 aliphatic heterocycles. The average Bonchev–Trinajstić information content (AvgIpc) is 3.16. The van der Waals surface area contributed by atoms with Crippen molar-refractivity contribution in [2.45, 2.75) is 25.3 Å². The highest BCUT2D eigenvalue weighted by molar-refractivity contribution is 9.10. The normalized spacial score (nSPS) is 14.6. The molecule has 2 aromatic heterocycles. The Morgan fingerprint density at radius 1 is 1.40 bits per heavy atom. The summed E-state index contributed by atoms with van der Waals surface area (Å²) in [4.78, 5) is 11.1. The van der Waals surface area contributed by atoms with E-state index in [1.807, 2.05) is 26.4 Å². The van der Waals surface area contributed by atoms with Gasteiger partial charge in [-0.1, -0.05) is 11.6 Å². The Morgan fingerprint density at radius 2 is 2.15 bits per heavy atom. The minimum atomic E-state index is 0.505. The largest absolute Gasteiger partial charge is 0.354 e. The molecule has 1 fully saturated rings. The Kier molecular flexibility index (Phi) is 3.73. The standard InChI is InChI=1S/C14H16BrClN4/c1-19-7-10(15)5-11(19)8-20(2)13-6-12(16)17-14(18-13)9-3-4-9/h5-7,9H,3-4,8H2,1-2H3. The van der Waals surface area contributed by atoms with Gasteiger partial charge in [-0.25, -0.2) is 9.97 Å². The Bertz CT molecular complexity index is 636. The maximum atomic E-state index is 6.11. The fourth-order valence-electron chi connectivity index (χ4n) is 2.19. The van der Waals surface area contributed by atoms with E-state index in [1.165, 1.54) is 18.5 Å². The molecule has 0 unspecified atom stereocenters. The Labute approximate surface area is 131 Å². The maximum Gasteiger partial charge on any atom is 0.135 e. The third-order valence-electron chi connectivity index (χ3n) is 3.51. The van der Waals surface area contributed by atoms with E-state index in [4.69, 9.17) is 11.6 Å². The Hall–Kier alpha value is -1.07. The Balaban J connectivity index is 1.82. The minimum Gasteiger partial charge on any atom is -0.354 e. The molecule has 2 aromatic rings. The van der Waals surface area contributed by atoms with E-state index >= 15 is 0 Å². The van der Waals surface area contributed by atoms with E-state index in [2.05, 4.69) is 41.4 Å². The van der Waals surface area contributed by atoms with Crippen molar-refractivity contribution in [1.82, 2.24) is 14.5 Å². The molecule has 0 amide bonds. The van der Waals surface area contributed by atoms with Gasteiger partial charge < -0.3 is 9.47 Å². The van der Waals surface area contributed by atoms with Gasteiger partial charge in [0.25, 0.3) is 0 Å². The van der Waals surface area contributed by atoms with Crippen LogP contribution in [-0.2, 0) is 13.6 Å². The topological polar surface area (TPSA) is 34.0 Å². The van der Waals surface area contributed by atoms with Crippen LogP contribution in [0.2, 0.25) is 5.15 Å². The van der Waals surface area contributed by atoms with Gasteiger partial charge in [-0.15, -0.1) is 0 Å². The molecule has 1 aliphatic rings. The second-order valence-electron chi connectivity index (χ2n) is 5.30. The number of nitrogens with zero attached hydrogens (tertiary/aromatic N) is 4. The molecule has 0 spiro atoms. The molecule has 0 aromatic carbocycles. The van der Waals surface area contributed by atoms with Crippen LogP contribution in [0.5, 0.6) is 0 Å². The highest BCUT2D eigenvalue weighted by Crippen LogP contribution is 2.39. The quantitative estimate of drug-likeness (QED) is 0.783. The summed E-state index contributed by atoms with van der Waals surface area (Å²) in [5.74, 6) is 2.27. The molecule has 2 heterocycles. The highest BCUT2D eigenvalue weighted by atomic mass is 79.9. The van der Waals surface area contributed by atoms with Gasteiger partial charge in [-0.2, -0.15) is 0 Å². The van der Waals surface area contributed by atoms with Gasteiger partial charge in [0.2, 0.25) is 0 Å². The molecule has 1 aliphatic carbocycles. The third kappa shape index (κ3) is 2.99. The summed E-state index contributed by atoms with van der Waals surface area (Å²) in [5, 5.41) is 0.525. The summed E-state index contributed by atoms with van der Waals surface area (Å²) in [6.45, 7) is 0.777. The van der Waals surface area contributed by atoms with Crippen molar-refractivity contribution in [3.63, 3.8) is 0 Å². The highest BCUT2D eigenvalue weighted by Gasteiger charge is 2.27. The lowest BCUT2D eigenvalue weighted by Gasteiger charge is -2.19. The number of rotatable bonds is 4. The fraction of sp³-hybridized carbons (Fsp3) is 0.429. The molecule has 4 nitrogen and oxygen atoms in total. The van der Waals surface area contributed by atoms with E-state index < -0.39 is 0 Å². The number of hydrogen-bond donors (Lipinski definition) is 0. The summed E-state index contributed by atoms with van der Waals surface area (Å²) in [6, 6.07) is 3.94. The molecule has 0 radical (unpaired) electrons. The second kappa shape index (κ2) is 5.37. The molecule has 3 rings (SSSR count). The molecular formula is C14H16BrClN4. The van der Waals surface area contributed by atoms with Crippen molar-refractivity contribution in [3.05, 3.63) is 39.5 Å². The zero-order valence-electron chi connectivity index (χ0n) is 11.5. The van der Waals surface area contributed by atoms with Crippen LogP contribution in [0, 0.1) is 0 Å². The van der Waals surface area contributed by atoms with E-state index in [0.29, 0.717) is 11.1 Å². The van der Waals surface area contributed by atoms with Gasteiger partial charge in [0.1, 0.15) is 16.8 Å². The maximum absolute atomic E-state index is 6.11. The molecule has 0 saturated heterocycles. The van der Waals surface area contributed by atoms with E-state index in [9.17, 15) is 0 Å². The molecule has 6 heteroatoms. The first kappa shape index (κ1) is 13.9. The SMILES string of the molecule is CN(Cc1cc(Br)cn1C)c1cc(Cl)nc(C2CC2)n1. The van der Waals surface area contributed by atoms with E-state index in [-0.39, 0.29) is 0 Å². The second-order valence-corrected chi connectivity index (χ2v) is 6.60. The van der Waals surface area contributed by atoms with Crippen LogP contribution in [0.25, 0.3) is 0 Å². The fourth-order valence-corrected chi connectivity index (χ4v) is 2.95. The van der Waals surface area contributed by atoms with Gasteiger partial charge >= 0.3 is 0 Å². The van der Waals surface area contributed by atoms with Gasteiger partial charge in [0, 0.05) is 42.4 Å². The predicted molar refractivity (Wildman–Crippen MR) is 84.2 cm³/mol. The number of aryl methyl sites for hydroxylation is 1. The van der Waals surface area contributed by atoms with E-state index in [1.54, 1.807) is 0 Å². The predicted octanol–water partition coefficient (Wildman–Crippen LogP) is 3.74. The van der Waals surface area contributed by atoms with Crippen LogP contribution in [0.3, 0.4) is 0 Å². The smallest absolute Gasteiger partial charge is 0.135 e. The van der Waals surface area contributed by atoms with Crippen molar-refractivity contribution in [2.24, 2.45) is 7.05 Å². The number of anilines is 1. The number of halogens is 2. The van der Waals surface area contributed by atoms with Crippen molar-refractivity contribution < 1.29 is 0 Å². The van der Waals surface area contributed by atoms with Crippen molar-refractivity contribution in [3.8, 4) is 0 Å². The molecule has 106 valence electrons. The summed E-state index contributed by atoms with van der Waals surface area (Å²) in [7, 11) is 4.06. The first-order chi connectivity index (χ1) is 9.52. The third-order valence-corrected chi connectivity index (χ3v) is 4.13. The summed E-state index contributed by atoms with van der Waals surface area (Å²) in [5.41, 5.74) is 1.21. The van der Waals surface area contributed by atoms with Crippen molar-refractivity contribution in [1.29, 1.82) is 0 Å². The number of aromatic nitrogens is 3. The monoisotopic (exact) mass is 354 g/mol. The van der Waals surface area contributed by atoms with Crippen molar-refractivity contribution >= 4 is 33.3 Å². The molecular weight excluding hydrogens is 340 g/mol. The molecule has 0 N–H and O–H groups in total. The van der Waals surface area contributed by atoms with Crippen LogP contribution in [0.15, 0.2) is 22.8 Å². The van der Waals surface area contributed by atoms with Gasteiger partial charge in [0.05, 0.1) is 6.54 Å². The molecule has 20 heavy (non-hydrogen) atoms. The first-order valence-electron chi connectivity index (χ1n) is 6.59. The Morgan fingerprint density at radius 3 is 2.75 bits per heavy atom. The zero-order valence-corrected chi connectivity index (χ0v) is 13.8. The molecule has 0 atom stereocenters. The van der Waals surface area contributed by atoms with Crippen LogP contribution in [-0.4, -0.2) is 21.6 Å². The first-order valence-corrected chi connectivity index (χ1v) is 7.76. The average molecular weight is 356 g/mol. The van der Waals surface area contributed by atoms with E-state index in [0.717, 1.165) is 22.7 Å². The summed E-state index contributed by atoms with van der Waals surface area (Å²) in [6.07, 6.45) is 4.40. The lowest BCUT2D eigenvalue weighted by Crippen LogP contribution is -2.20. The van der Waals surface area contributed by atoms with Crippen LogP contribution in [0.1, 0.15) is 30.3 Å². The van der Waals surface area contributed by atoms with Gasteiger partial charge in [0.15, 0.2) is 0 Å². The van der Waals surface area contributed by atoms with Gasteiger partial charge in [-0.3, -0.25) is 0 Å². The van der Waals surface area contributed by atoms with Crippen LogP contribution in [0.4, 0.5) is 5.82 Å². The minimum absolute atomic E-state index is 0.505. The van der Waals surface area contributed by atoms with Crippen LogP contribution >= 0.6 is 27.5 Å². The van der Waals surface area contributed by atoms with Crippen LogP contribution < -0.4 is 4.90 Å². The summed E-state index contributed by atoms with van der Waals surface area (Å²) >= 11 is 9.61. The van der Waals surface area contributed by atoms with Crippen molar-refractivity contribution in [2.75, 3.05) is 11.9 Å². The van der Waals surface area contributed by atoms with Gasteiger partial charge in [-0.05, 0) is 34.8 Å². The zero-order chi connectivity index (χ0) is 14.3.